The van der Waals surface area contributed by atoms with Crippen molar-refractivity contribution in [1.82, 2.24) is 30.2 Å². The molecule has 0 radical (unpaired) electrons. The number of hydrogen-bond acceptors (Lipinski definition) is 8. The average molecular weight is 483 g/mol. The van der Waals surface area contributed by atoms with Gasteiger partial charge in [0.15, 0.2) is 5.69 Å². The summed E-state index contributed by atoms with van der Waals surface area (Å²) in [5.74, 6) is -0.381. The Morgan fingerprint density at radius 3 is 2.89 bits per heavy atom. The molecule has 0 saturated carbocycles. The van der Waals surface area contributed by atoms with Gasteiger partial charge >= 0.3 is 5.97 Å². The van der Waals surface area contributed by atoms with Gasteiger partial charge in [-0.3, -0.25) is 9.97 Å². The molecule has 0 spiro atoms. The molecule has 0 unspecified atom stereocenters. The highest BCUT2D eigenvalue weighted by molar-refractivity contribution is 7.13. The van der Waals surface area contributed by atoms with E-state index in [-0.39, 0.29) is 12.1 Å². The highest BCUT2D eigenvalue weighted by Crippen LogP contribution is 2.32. The minimum Gasteiger partial charge on any atom is -0.456 e. The van der Waals surface area contributed by atoms with Crippen molar-refractivity contribution >= 4 is 28.2 Å². The first-order valence-corrected chi connectivity index (χ1v) is 12.3. The zero-order chi connectivity index (χ0) is 23.8. The Morgan fingerprint density at radius 2 is 2.03 bits per heavy atom. The van der Waals surface area contributed by atoms with E-state index in [0.29, 0.717) is 12.2 Å². The number of esters is 1. The Bertz CT molecular complexity index is 1540. The number of nitrogens with zero attached hydrogens (tertiary/aromatic N) is 4. The molecule has 35 heavy (non-hydrogen) atoms. The van der Waals surface area contributed by atoms with Crippen molar-refractivity contribution in [3.8, 4) is 33.2 Å². The Balaban J connectivity index is 1.31. The molecule has 5 heterocycles. The largest absolute Gasteiger partial charge is 0.456 e. The first kappa shape index (κ1) is 21.6. The van der Waals surface area contributed by atoms with Crippen LogP contribution in [-0.4, -0.2) is 50.1 Å². The molecule has 4 aromatic heterocycles. The van der Waals surface area contributed by atoms with Crippen molar-refractivity contribution in [1.29, 1.82) is 0 Å². The Kier molecular flexibility index (Phi) is 5.55. The number of carbonyl (C=O) groups is 1. The second-order valence-electron chi connectivity index (χ2n) is 8.48. The number of thiazole rings is 1. The summed E-state index contributed by atoms with van der Waals surface area (Å²) in [6.45, 7) is 3.53. The molecule has 2 N–H and O–H groups in total. The van der Waals surface area contributed by atoms with Gasteiger partial charge in [0, 0.05) is 40.3 Å². The fraction of sp³-hybridized carbons (Fsp3) is 0.192. The maximum Gasteiger partial charge on any atom is 0.358 e. The smallest absolute Gasteiger partial charge is 0.358 e. The van der Waals surface area contributed by atoms with E-state index in [2.05, 4.69) is 36.3 Å². The van der Waals surface area contributed by atoms with Gasteiger partial charge < -0.3 is 15.0 Å². The Morgan fingerprint density at radius 1 is 1.11 bits per heavy atom. The molecule has 1 aliphatic rings. The summed E-state index contributed by atoms with van der Waals surface area (Å²) in [5.41, 5.74) is 6.51. The highest BCUT2D eigenvalue weighted by Gasteiger charge is 2.22. The fourth-order valence-corrected chi connectivity index (χ4v) is 5.00. The number of imidazole rings is 1. The number of nitrogens with one attached hydrogen (secondary N) is 2. The molecule has 0 bridgehead atoms. The number of H-pyrrole nitrogens is 1. The second-order valence-corrected chi connectivity index (χ2v) is 9.34. The number of aryl methyl sites for hydroxylation is 1. The van der Waals surface area contributed by atoms with Crippen LogP contribution in [-0.2, 0) is 4.74 Å². The van der Waals surface area contributed by atoms with Gasteiger partial charge in [-0.05, 0) is 50.2 Å². The van der Waals surface area contributed by atoms with Gasteiger partial charge in [-0.2, -0.15) is 0 Å². The SMILES string of the molecule is Cc1cccc(-c2[nH]cnc2-c2ccc3ncc(-c4nc(C(=O)O[C@H]5CCNC5)cs4)cc3c2)n1. The zero-order valence-corrected chi connectivity index (χ0v) is 19.8. The van der Waals surface area contributed by atoms with E-state index in [4.69, 9.17) is 4.74 Å². The third kappa shape index (κ3) is 4.31. The van der Waals surface area contributed by atoms with Gasteiger partial charge in [-0.25, -0.2) is 14.8 Å². The van der Waals surface area contributed by atoms with E-state index in [0.717, 1.165) is 62.8 Å². The molecule has 1 fully saturated rings. The summed E-state index contributed by atoms with van der Waals surface area (Å²) in [6, 6.07) is 14.0. The van der Waals surface area contributed by atoms with Gasteiger partial charge in [0.1, 0.15) is 11.1 Å². The van der Waals surface area contributed by atoms with Gasteiger partial charge in [0.25, 0.3) is 0 Å². The van der Waals surface area contributed by atoms with E-state index in [9.17, 15) is 4.79 Å². The molecule has 0 amide bonds. The van der Waals surface area contributed by atoms with Crippen molar-refractivity contribution in [2.24, 2.45) is 0 Å². The number of ether oxygens (including phenoxy) is 1. The van der Waals surface area contributed by atoms with Gasteiger partial charge in [-0.1, -0.05) is 12.1 Å². The topological polar surface area (TPSA) is 106 Å². The number of carbonyl (C=O) groups excluding carboxylic acids is 1. The quantitative estimate of drug-likeness (QED) is 0.352. The maximum atomic E-state index is 12.5. The molecule has 0 aliphatic carbocycles. The van der Waals surface area contributed by atoms with Crippen LogP contribution in [0.5, 0.6) is 0 Å². The summed E-state index contributed by atoms with van der Waals surface area (Å²) in [7, 11) is 0. The van der Waals surface area contributed by atoms with Crippen molar-refractivity contribution < 1.29 is 9.53 Å². The number of aromatic nitrogens is 5. The van der Waals surface area contributed by atoms with Crippen LogP contribution in [0.2, 0.25) is 0 Å². The van der Waals surface area contributed by atoms with Crippen LogP contribution in [0, 0.1) is 6.92 Å². The number of pyridine rings is 2. The standard InChI is InChI=1S/C26H22N6O2S/c1-15-3-2-4-21(31-15)24-23(29-14-30-24)16-5-6-20-17(9-16)10-18(11-28-20)25-32-22(13-35-25)26(33)34-19-7-8-27-12-19/h2-6,9-11,13-14,19,27H,7-8,12H2,1H3,(H,29,30)/t19-/m0/s1. The molecule has 1 saturated heterocycles. The highest BCUT2D eigenvalue weighted by atomic mass is 32.1. The molecule has 9 heteroatoms. The van der Waals surface area contributed by atoms with Crippen molar-refractivity contribution in [2.75, 3.05) is 13.1 Å². The minimum absolute atomic E-state index is 0.0876. The summed E-state index contributed by atoms with van der Waals surface area (Å²) in [6.07, 6.45) is 4.21. The van der Waals surface area contributed by atoms with Crippen molar-refractivity contribution in [3.05, 3.63) is 71.8 Å². The number of fused-ring (bicyclic) bond motifs is 1. The number of hydrogen-bond donors (Lipinski definition) is 2. The van der Waals surface area contributed by atoms with Crippen LogP contribution in [0.25, 0.3) is 44.1 Å². The lowest BCUT2D eigenvalue weighted by atomic mass is 10.0. The molecule has 5 aromatic rings. The Labute approximate surface area is 205 Å². The lowest BCUT2D eigenvalue weighted by molar-refractivity contribution is 0.0338. The van der Waals surface area contributed by atoms with Gasteiger partial charge in [-0.15, -0.1) is 11.3 Å². The van der Waals surface area contributed by atoms with Crippen LogP contribution in [0.1, 0.15) is 22.6 Å². The third-order valence-corrected chi connectivity index (χ3v) is 6.88. The van der Waals surface area contributed by atoms with E-state index in [1.165, 1.54) is 11.3 Å². The van der Waals surface area contributed by atoms with Crippen LogP contribution in [0.4, 0.5) is 0 Å². The molecular formula is C26H22N6O2S. The molecule has 1 aromatic carbocycles. The first-order valence-electron chi connectivity index (χ1n) is 11.4. The lowest BCUT2D eigenvalue weighted by Gasteiger charge is -2.08. The predicted molar refractivity (Wildman–Crippen MR) is 135 cm³/mol. The Hall–Kier alpha value is -3.95. The molecule has 1 aliphatic heterocycles. The van der Waals surface area contributed by atoms with Crippen LogP contribution >= 0.6 is 11.3 Å². The summed E-state index contributed by atoms with van der Waals surface area (Å²) >= 11 is 1.41. The van der Waals surface area contributed by atoms with Gasteiger partial charge in [0.05, 0.1) is 28.9 Å². The molecule has 174 valence electrons. The second kappa shape index (κ2) is 9.01. The van der Waals surface area contributed by atoms with Crippen molar-refractivity contribution in [2.45, 2.75) is 19.4 Å². The maximum absolute atomic E-state index is 12.5. The zero-order valence-electron chi connectivity index (χ0n) is 19.0. The number of rotatable bonds is 5. The fourth-order valence-electron chi connectivity index (χ4n) is 4.23. The molecular weight excluding hydrogens is 460 g/mol. The molecule has 8 nitrogen and oxygen atoms in total. The van der Waals surface area contributed by atoms with E-state index in [1.54, 1.807) is 17.9 Å². The van der Waals surface area contributed by atoms with Crippen LogP contribution in [0.3, 0.4) is 0 Å². The van der Waals surface area contributed by atoms with Crippen molar-refractivity contribution in [3.63, 3.8) is 0 Å². The third-order valence-electron chi connectivity index (χ3n) is 5.99. The normalized spacial score (nSPS) is 15.5. The van der Waals surface area contributed by atoms with Gasteiger partial charge in [0.2, 0.25) is 0 Å². The monoisotopic (exact) mass is 482 g/mol. The summed E-state index contributed by atoms with van der Waals surface area (Å²) < 4.78 is 5.54. The van der Waals surface area contributed by atoms with E-state index >= 15 is 0 Å². The van der Waals surface area contributed by atoms with Crippen LogP contribution < -0.4 is 5.32 Å². The molecule has 1 atom stereocenters. The lowest BCUT2D eigenvalue weighted by Crippen LogP contribution is -2.21. The average Bonchev–Trinajstić information content (AvgIpc) is 3.65. The summed E-state index contributed by atoms with van der Waals surface area (Å²) in [5, 5.41) is 6.62. The first-order chi connectivity index (χ1) is 17.1. The number of aromatic amines is 1. The van der Waals surface area contributed by atoms with E-state index < -0.39 is 0 Å². The predicted octanol–water partition coefficient (Wildman–Crippen LogP) is 4.64. The van der Waals surface area contributed by atoms with Crippen LogP contribution in [0.15, 0.2) is 60.4 Å². The van der Waals surface area contributed by atoms with E-state index in [1.807, 2.05) is 43.3 Å². The number of benzene rings is 1. The minimum atomic E-state index is -0.381. The summed E-state index contributed by atoms with van der Waals surface area (Å²) in [4.78, 5) is 34.0. The molecule has 6 rings (SSSR count).